The summed E-state index contributed by atoms with van der Waals surface area (Å²) in [6, 6.07) is 41.7. The van der Waals surface area contributed by atoms with Gasteiger partial charge in [-0.05, 0) is 90.0 Å². The number of furan rings is 1. The van der Waals surface area contributed by atoms with E-state index in [1.54, 1.807) is 18.7 Å². The second-order valence-corrected chi connectivity index (χ2v) is 11.2. The van der Waals surface area contributed by atoms with Gasteiger partial charge in [-0.2, -0.15) is 0 Å². The standard InChI is InChI=1S/C40H25N5O/c1-2-4-36-33(3-1)38-37(14-11-30-19-24-46-39(30)38)45(36)32-12-9-31(10-13-32)40-43-34(25-35(44-40)29-17-22-42-23-18-29)28-7-5-26(6-8-28)27-15-20-41-21-16-27/h1-25H. The number of aromatic nitrogens is 5. The third-order valence-corrected chi connectivity index (χ3v) is 8.54. The van der Waals surface area contributed by atoms with E-state index in [9.17, 15) is 0 Å². The molecule has 0 atom stereocenters. The molecule has 9 rings (SSSR count). The van der Waals surface area contributed by atoms with Crippen molar-refractivity contribution in [1.29, 1.82) is 0 Å². The Labute approximate surface area is 264 Å². The average molecular weight is 592 g/mol. The molecule has 9 aromatic rings. The van der Waals surface area contributed by atoms with E-state index in [2.05, 4.69) is 99.5 Å². The molecule has 0 N–H and O–H groups in total. The molecule has 5 heterocycles. The van der Waals surface area contributed by atoms with E-state index >= 15 is 0 Å². The Kier molecular flexibility index (Phi) is 6.03. The van der Waals surface area contributed by atoms with E-state index in [1.165, 1.54) is 0 Å². The molecule has 0 aliphatic carbocycles. The summed E-state index contributed by atoms with van der Waals surface area (Å²) in [5.74, 6) is 0.661. The monoisotopic (exact) mass is 591 g/mol. The lowest BCUT2D eigenvalue weighted by molar-refractivity contribution is 0.619. The van der Waals surface area contributed by atoms with Crippen LogP contribution < -0.4 is 0 Å². The molecule has 0 unspecified atom stereocenters. The van der Waals surface area contributed by atoms with Crippen LogP contribution in [0.25, 0.3) is 83.5 Å². The predicted octanol–water partition coefficient (Wildman–Crippen LogP) is 9.78. The van der Waals surface area contributed by atoms with Gasteiger partial charge in [0.25, 0.3) is 0 Å². The number of hydrogen-bond donors (Lipinski definition) is 0. The largest absolute Gasteiger partial charge is 0.464 e. The zero-order valence-corrected chi connectivity index (χ0v) is 24.6. The van der Waals surface area contributed by atoms with Gasteiger partial charge in [-0.25, -0.2) is 9.97 Å². The number of pyridine rings is 2. The molecule has 0 saturated heterocycles. The highest BCUT2D eigenvalue weighted by Gasteiger charge is 2.17. The Morgan fingerprint density at radius 2 is 1.11 bits per heavy atom. The van der Waals surface area contributed by atoms with E-state index in [1.807, 2.05) is 48.8 Å². The minimum Gasteiger partial charge on any atom is -0.464 e. The fourth-order valence-electron chi connectivity index (χ4n) is 6.29. The average Bonchev–Trinajstić information content (AvgIpc) is 3.75. The minimum absolute atomic E-state index is 0.661. The predicted molar refractivity (Wildman–Crippen MR) is 183 cm³/mol. The molecule has 216 valence electrons. The molecule has 5 aromatic heterocycles. The van der Waals surface area contributed by atoms with Crippen molar-refractivity contribution in [3.8, 4) is 50.7 Å². The maximum absolute atomic E-state index is 5.95. The van der Waals surface area contributed by atoms with E-state index in [-0.39, 0.29) is 0 Å². The van der Waals surface area contributed by atoms with Crippen LogP contribution in [0.3, 0.4) is 0 Å². The summed E-state index contributed by atoms with van der Waals surface area (Å²) >= 11 is 0. The molecule has 4 aromatic carbocycles. The Hall–Kier alpha value is -6.40. The Bertz CT molecular complexity index is 2500. The van der Waals surface area contributed by atoms with E-state index in [4.69, 9.17) is 14.4 Å². The smallest absolute Gasteiger partial charge is 0.160 e. The van der Waals surface area contributed by atoms with Crippen molar-refractivity contribution in [1.82, 2.24) is 24.5 Å². The van der Waals surface area contributed by atoms with Crippen LogP contribution in [0.4, 0.5) is 0 Å². The lowest BCUT2D eigenvalue weighted by Gasteiger charge is -2.11. The fraction of sp³-hybridized carbons (Fsp3) is 0. The molecule has 0 radical (unpaired) electrons. The van der Waals surface area contributed by atoms with Crippen LogP contribution in [0.5, 0.6) is 0 Å². The quantitative estimate of drug-likeness (QED) is 0.199. The van der Waals surface area contributed by atoms with Crippen molar-refractivity contribution >= 4 is 32.8 Å². The SMILES string of the molecule is c1ccc2c(c1)c1c3occc3ccc1n2-c1ccc(-c2nc(-c3ccncc3)cc(-c3ccc(-c4ccncc4)cc3)n2)cc1. The molecule has 0 amide bonds. The molecule has 46 heavy (non-hydrogen) atoms. The van der Waals surface area contributed by atoms with Gasteiger partial charge in [0.15, 0.2) is 5.82 Å². The molecule has 0 aliphatic rings. The summed E-state index contributed by atoms with van der Waals surface area (Å²) in [6.07, 6.45) is 8.96. The van der Waals surface area contributed by atoms with E-state index in [0.717, 1.165) is 77.7 Å². The van der Waals surface area contributed by atoms with Crippen LogP contribution in [0.1, 0.15) is 0 Å². The van der Waals surface area contributed by atoms with E-state index < -0.39 is 0 Å². The number of para-hydroxylation sites is 1. The van der Waals surface area contributed by atoms with Crippen LogP contribution in [-0.2, 0) is 0 Å². The maximum Gasteiger partial charge on any atom is 0.160 e. The van der Waals surface area contributed by atoms with Crippen LogP contribution in [0, 0.1) is 0 Å². The summed E-state index contributed by atoms with van der Waals surface area (Å²) in [5.41, 5.74) is 11.1. The molecular weight excluding hydrogens is 566 g/mol. The second kappa shape index (κ2) is 10.6. The van der Waals surface area contributed by atoms with Crippen molar-refractivity contribution in [2.75, 3.05) is 0 Å². The first-order chi connectivity index (χ1) is 22.8. The maximum atomic E-state index is 5.95. The van der Waals surface area contributed by atoms with Gasteiger partial charge in [0.05, 0.1) is 34.1 Å². The molecule has 0 spiro atoms. The normalized spacial score (nSPS) is 11.5. The Balaban J connectivity index is 1.15. The van der Waals surface area contributed by atoms with Crippen LogP contribution in [0.15, 0.2) is 157 Å². The summed E-state index contributed by atoms with van der Waals surface area (Å²) in [5, 5.41) is 3.38. The Morgan fingerprint density at radius 3 is 1.85 bits per heavy atom. The summed E-state index contributed by atoms with van der Waals surface area (Å²) < 4.78 is 8.25. The number of hydrogen-bond acceptors (Lipinski definition) is 5. The zero-order chi connectivity index (χ0) is 30.5. The number of benzene rings is 4. The highest BCUT2D eigenvalue weighted by atomic mass is 16.3. The number of rotatable bonds is 5. The molecule has 0 fully saturated rings. The first kappa shape index (κ1) is 26.0. The minimum atomic E-state index is 0.661. The summed E-state index contributed by atoms with van der Waals surface area (Å²) in [4.78, 5) is 18.4. The second-order valence-electron chi connectivity index (χ2n) is 11.2. The van der Waals surface area contributed by atoms with E-state index in [0.29, 0.717) is 5.82 Å². The van der Waals surface area contributed by atoms with Gasteiger partial charge >= 0.3 is 0 Å². The van der Waals surface area contributed by atoms with Gasteiger partial charge < -0.3 is 8.98 Å². The van der Waals surface area contributed by atoms with Crippen LogP contribution >= 0.6 is 0 Å². The molecule has 0 aliphatic heterocycles. The van der Waals surface area contributed by atoms with Crippen molar-refractivity contribution in [2.24, 2.45) is 0 Å². The topological polar surface area (TPSA) is 69.6 Å². The highest BCUT2D eigenvalue weighted by molar-refractivity contribution is 6.19. The molecule has 6 heteroatoms. The van der Waals surface area contributed by atoms with Gasteiger partial charge in [-0.15, -0.1) is 0 Å². The van der Waals surface area contributed by atoms with Gasteiger partial charge in [-0.1, -0.05) is 42.5 Å². The van der Waals surface area contributed by atoms with Crippen LogP contribution in [0.2, 0.25) is 0 Å². The number of nitrogens with zero attached hydrogens (tertiary/aromatic N) is 5. The van der Waals surface area contributed by atoms with Crippen molar-refractivity contribution in [2.45, 2.75) is 0 Å². The highest BCUT2D eigenvalue weighted by Crippen LogP contribution is 2.37. The molecular formula is C40H25N5O. The third-order valence-electron chi connectivity index (χ3n) is 8.54. The summed E-state index contributed by atoms with van der Waals surface area (Å²) in [7, 11) is 0. The zero-order valence-electron chi connectivity index (χ0n) is 24.6. The van der Waals surface area contributed by atoms with Gasteiger partial charge in [0.1, 0.15) is 5.58 Å². The molecule has 0 bridgehead atoms. The lowest BCUT2D eigenvalue weighted by atomic mass is 10.0. The van der Waals surface area contributed by atoms with Gasteiger partial charge in [0, 0.05) is 57.9 Å². The fourth-order valence-corrected chi connectivity index (χ4v) is 6.29. The summed E-state index contributed by atoms with van der Waals surface area (Å²) in [6.45, 7) is 0. The first-order valence-electron chi connectivity index (χ1n) is 15.1. The van der Waals surface area contributed by atoms with Gasteiger partial charge in [-0.3, -0.25) is 9.97 Å². The molecule has 0 saturated carbocycles. The van der Waals surface area contributed by atoms with Crippen molar-refractivity contribution in [3.63, 3.8) is 0 Å². The van der Waals surface area contributed by atoms with Crippen molar-refractivity contribution < 1.29 is 4.42 Å². The van der Waals surface area contributed by atoms with Gasteiger partial charge in [0.2, 0.25) is 0 Å². The lowest BCUT2D eigenvalue weighted by Crippen LogP contribution is -1.97. The third kappa shape index (κ3) is 4.35. The van der Waals surface area contributed by atoms with Crippen LogP contribution in [-0.4, -0.2) is 24.5 Å². The number of fused-ring (bicyclic) bond motifs is 5. The Morgan fingerprint density at radius 1 is 0.500 bits per heavy atom. The first-order valence-corrected chi connectivity index (χ1v) is 15.1. The van der Waals surface area contributed by atoms with Crippen molar-refractivity contribution in [3.05, 3.63) is 152 Å². The molecule has 6 nitrogen and oxygen atoms in total.